The predicted molar refractivity (Wildman–Crippen MR) is 108 cm³/mol. The van der Waals surface area contributed by atoms with E-state index >= 15 is 0 Å². The highest BCUT2D eigenvalue weighted by Crippen LogP contribution is 2.34. The Morgan fingerprint density at radius 2 is 1.85 bits per heavy atom. The van der Waals surface area contributed by atoms with Crippen molar-refractivity contribution in [3.63, 3.8) is 0 Å². The fourth-order valence-corrected chi connectivity index (χ4v) is 3.39. The molecule has 0 fully saturated rings. The van der Waals surface area contributed by atoms with Gasteiger partial charge in [-0.2, -0.15) is 0 Å². The molecule has 5 heteroatoms. The van der Waals surface area contributed by atoms with Gasteiger partial charge in [-0.05, 0) is 62.2 Å². The highest BCUT2D eigenvalue weighted by Gasteiger charge is 2.30. The van der Waals surface area contributed by atoms with Crippen LogP contribution in [0.15, 0.2) is 42.5 Å². The van der Waals surface area contributed by atoms with Gasteiger partial charge in [0.1, 0.15) is 5.75 Å². The Balaban J connectivity index is 2.16. The molecule has 3 N–H and O–H groups in total. The number of nitrogen functional groups attached to an aromatic ring is 1. The summed E-state index contributed by atoms with van der Waals surface area (Å²) in [6.45, 7) is 6.23. The Hall–Kier alpha value is -2.95. The second-order valence-corrected chi connectivity index (χ2v) is 7.65. The molecular formula is C22H26N2O3. The van der Waals surface area contributed by atoms with Crippen molar-refractivity contribution in [3.05, 3.63) is 59.3 Å². The molecule has 1 aromatic heterocycles. The molecule has 0 aliphatic rings. The summed E-state index contributed by atoms with van der Waals surface area (Å²) in [6, 6.07) is 13.8. The number of rotatable bonds is 6. The first-order chi connectivity index (χ1) is 12.7. The van der Waals surface area contributed by atoms with E-state index in [1.54, 1.807) is 21.0 Å². The number of aromatic nitrogens is 1. The number of ether oxygens (including phenoxy) is 1. The van der Waals surface area contributed by atoms with E-state index in [0.29, 0.717) is 13.0 Å². The maximum absolute atomic E-state index is 11.7. The van der Waals surface area contributed by atoms with Crippen LogP contribution in [0.4, 0.5) is 5.69 Å². The topological polar surface area (TPSA) is 77.5 Å². The molecule has 0 aliphatic carbocycles. The van der Waals surface area contributed by atoms with Gasteiger partial charge in [-0.1, -0.05) is 12.1 Å². The lowest BCUT2D eigenvalue weighted by Crippen LogP contribution is -2.27. The molecule has 2 aromatic carbocycles. The lowest BCUT2D eigenvalue weighted by molar-refractivity contribution is -0.146. The number of aliphatic carboxylic acids is 1. The summed E-state index contributed by atoms with van der Waals surface area (Å²) in [5.74, 6) is -0.0111. The van der Waals surface area contributed by atoms with Crippen LogP contribution in [0.25, 0.3) is 10.9 Å². The third kappa shape index (κ3) is 3.63. The Bertz CT molecular complexity index is 985. The van der Waals surface area contributed by atoms with E-state index in [4.69, 9.17) is 10.5 Å². The molecule has 0 amide bonds. The largest absolute Gasteiger partial charge is 0.497 e. The number of nitrogens with two attached hydrogens (primary N) is 1. The molecule has 1 heterocycles. The quantitative estimate of drug-likeness (QED) is 0.640. The van der Waals surface area contributed by atoms with Gasteiger partial charge in [0.15, 0.2) is 0 Å². The number of anilines is 1. The minimum Gasteiger partial charge on any atom is -0.497 e. The minimum absolute atomic E-state index is 0.445. The van der Waals surface area contributed by atoms with E-state index in [-0.39, 0.29) is 0 Å². The van der Waals surface area contributed by atoms with E-state index < -0.39 is 11.4 Å². The Morgan fingerprint density at radius 1 is 1.19 bits per heavy atom. The van der Waals surface area contributed by atoms with E-state index in [0.717, 1.165) is 39.2 Å². The summed E-state index contributed by atoms with van der Waals surface area (Å²) >= 11 is 0. The van der Waals surface area contributed by atoms with Crippen molar-refractivity contribution < 1.29 is 14.6 Å². The van der Waals surface area contributed by atoms with Gasteiger partial charge in [0.25, 0.3) is 0 Å². The van der Waals surface area contributed by atoms with Crippen molar-refractivity contribution in [1.29, 1.82) is 0 Å². The van der Waals surface area contributed by atoms with Gasteiger partial charge in [0.2, 0.25) is 0 Å². The van der Waals surface area contributed by atoms with Crippen LogP contribution in [0.3, 0.4) is 0 Å². The fraction of sp³-hybridized carbons (Fsp3) is 0.318. The van der Waals surface area contributed by atoms with Crippen molar-refractivity contribution in [3.8, 4) is 5.75 Å². The molecule has 27 heavy (non-hydrogen) atoms. The molecule has 142 valence electrons. The summed E-state index contributed by atoms with van der Waals surface area (Å²) in [6.07, 6.45) is 0.445. The number of carbonyl (C=O) groups is 1. The van der Waals surface area contributed by atoms with E-state index in [9.17, 15) is 9.90 Å². The normalized spacial score (nSPS) is 11.7. The smallest absolute Gasteiger partial charge is 0.309 e. The van der Waals surface area contributed by atoms with Crippen molar-refractivity contribution >= 4 is 22.6 Å². The number of nitrogens with zero attached hydrogens (tertiary/aromatic N) is 1. The van der Waals surface area contributed by atoms with Crippen LogP contribution in [-0.2, 0) is 17.8 Å². The number of carboxylic acids is 1. The van der Waals surface area contributed by atoms with E-state index in [2.05, 4.69) is 11.5 Å². The van der Waals surface area contributed by atoms with Crippen molar-refractivity contribution in [2.45, 2.75) is 33.7 Å². The third-order valence-electron chi connectivity index (χ3n) is 5.17. The van der Waals surface area contributed by atoms with Crippen LogP contribution in [0, 0.1) is 12.3 Å². The van der Waals surface area contributed by atoms with Crippen LogP contribution in [0.5, 0.6) is 5.75 Å². The molecule has 0 radical (unpaired) electrons. The van der Waals surface area contributed by atoms with Gasteiger partial charge in [0.05, 0.1) is 12.5 Å². The maximum Gasteiger partial charge on any atom is 0.309 e. The molecule has 0 aliphatic heterocycles. The zero-order chi connectivity index (χ0) is 19.8. The lowest BCUT2D eigenvalue weighted by atomic mass is 9.87. The van der Waals surface area contributed by atoms with Crippen LogP contribution >= 0.6 is 0 Å². The van der Waals surface area contributed by atoms with Gasteiger partial charge < -0.3 is 20.1 Å². The van der Waals surface area contributed by atoms with Gasteiger partial charge >= 0.3 is 5.97 Å². The highest BCUT2D eigenvalue weighted by atomic mass is 16.5. The second kappa shape index (κ2) is 6.99. The number of hydrogen-bond acceptors (Lipinski definition) is 3. The van der Waals surface area contributed by atoms with Crippen molar-refractivity contribution in [2.75, 3.05) is 12.8 Å². The molecule has 0 saturated heterocycles. The molecule has 0 saturated carbocycles. The number of methoxy groups -OCH3 is 1. The molecule has 3 rings (SSSR count). The summed E-state index contributed by atoms with van der Waals surface area (Å²) in [5.41, 5.74) is 9.98. The second-order valence-electron chi connectivity index (χ2n) is 7.65. The molecular weight excluding hydrogens is 340 g/mol. The van der Waals surface area contributed by atoms with Gasteiger partial charge in [-0.15, -0.1) is 0 Å². The predicted octanol–water partition coefficient (Wildman–Crippen LogP) is 4.24. The standard InChI is InChI=1S/C22H26N2O3/c1-14-18-11-17(27-4)9-10-19(18)24(13-15-5-7-16(23)8-6-15)20(14)12-22(2,3)21(25)26/h5-11H,12-13,23H2,1-4H3,(H,25,26). The zero-order valence-corrected chi connectivity index (χ0v) is 16.2. The molecule has 0 unspecified atom stereocenters. The van der Waals surface area contributed by atoms with Gasteiger partial charge in [-0.3, -0.25) is 4.79 Å². The van der Waals surface area contributed by atoms with E-state index in [1.807, 2.05) is 42.5 Å². The first-order valence-electron chi connectivity index (χ1n) is 8.96. The SMILES string of the molecule is COc1ccc2c(c1)c(C)c(CC(C)(C)C(=O)O)n2Cc1ccc(N)cc1. The average Bonchev–Trinajstić information content (AvgIpc) is 2.88. The first kappa shape index (κ1) is 18.8. The van der Waals surface area contributed by atoms with Crippen LogP contribution in [0.1, 0.15) is 30.7 Å². The van der Waals surface area contributed by atoms with Gasteiger partial charge in [-0.25, -0.2) is 0 Å². The summed E-state index contributed by atoms with van der Waals surface area (Å²) in [4.78, 5) is 11.7. The van der Waals surface area contributed by atoms with Crippen LogP contribution < -0.4 is 10.5 Å². The zero-order valence-electron chi connectivity index (χ0n) is 16.2. The average molecular weight is 366 g/mol. The Morgan fingerprint density at radius 3 is 2.44 bits per heavy atom. The minimum atomic E-state index is -0.859. The number of benzene rings is 2. The van der Waals surface area contributed by atoms with Crippen LogP contribution in [-0.4, -0.2) is 22.8 Å². The summed E-state index contributed by atoms with van der Waals surface area (Å²) < 4.78 is 7.59. The summed E-state index contributed by atoms with van der Waals surface area (Å²) in [7, 11) is 1.65. The number of aryl methyl sites for hydroxylation is 1. The van der Waals surface area contributed by atoms with Crippen molar-refractivity contribution in [2.24, 2.45) is 5.41 Å². The molecule has 3 aromatic rings. The highest BCUT2D eigenvalue weighted by molar-refractivity contribution is 5.87. The first-order valence-corrected chi connectivity index (χ1v) is 8.96. The number of hydrogen-bond donors (Lipinski definition) is 2. The third-order valence-corrected chi connectivity index (χ3v) is 5.17. The molecule has 0 atom stereocenters. The molecule has 5 nitrogen and oxygen atoms in total. The Kier molecular flexibility index (Phi) is 4.87. The number of fused-ring (bicyclic) bond motifs is 1. The molecule has 0 spiro atoms. The van der Waals surface area contributed by atoms with Gasteiger partial charge in [0, 0.05) is 35.2 Å². The lowest BCUT2D eigenvalue weighted by Gasteiger charge is -2.21. The molecule has 0 bridgehead atoms. The number of carboxylic acid groups (broad SMARTS) is 1. The monoisotopic (exact) mass is 366 g/mol. The Labute approximate surface area is 159 Å². The van der Waals surface area contributed by atoms with Crippen LogP contribution in [0.2, 0.25) is 0 Å². The van der Waals surface area contributed by atoms with E-state index in [1.165, 1.54) is 0 Å². The fourth-order valence-electron chi connectivity index (χ4n) is 3.39. The van der Waals surface area contributed by atoms with Crippen molar-refractivity contribution in [1.82, 2.24) is 4.57 Å². The maximum atomic E-state index is 11.7. The summed E-state index contributed by atoms with van der Waals surface area (Å²) in [5, 5.41) is 10.7.